The van der Waals surface area contributed by atoms with Crippen LogP contribution in [0.3, 0.4) is 0 Å². The molecule has 2 aromatic rings. The van der Waals surface area contributed by atoms with Gasteiger partial charge in [-0.3, -0.25) is 19.4 Å². The molecule has 38 heavy (non-hydrogen) atoms. The molecule has 2 spiro atoms. The van der Waals surface area contributed by atoms with Gasteiger partial charge in [-0.15, -0.1) is 13.2 Å². The summed E-state index contributed by atoms with van der Waals surface area (Å²) in [6.45, 7) is 10.4. The molecule has 0 bridgehead atoms. The molecule has 6 nitrogen and oxygen atoms in total. The fourth-order valence-corrected chi connectivity index (χ4v) is 9.13. The highest BCUT2D eigenvalue weighted by Gasteiger charge is 2.75. The molecule has 4 unspecified atom stereocenters. The zero-order valence-corrected chi connectivity index (χ0v) is 24.4. The summed E-state index contributed by atoms with van der Waals surface area (Å²) in [5.74, 6) is 0.235. The zero-order valence-electron chi connectivity index (χ0n) is 21.2. The van der Waals surface area contributed by atoms with Crippen LogP contribution in [0.25, 0.3) is 0 Å². The molecular formula is C30H30Br2N4O2. The van der Waals surface area contributed by atoms with Crippen molar-refractivity contribution in [2.45, 2.75) is 48.8 Å². The van der Waals surface area contributed by atoms with E-state index in [1.165, 1.54) is 0 Å². The number of halogens is 2. The second-order valence-electron chi connectivity index (χ2n) is 11.0. The fourth-order valence-electron chi connectivity index (χ4n) is 8.41. The summed E-state index contributed by atoms with van der Waals surface area (Å²) in [6.07, 6.45) is 7.24. The molecule has 0 saturated carbocycles. The number of nitrogens with zero attached hydrogens (tertiary/aromatic N) is 4. The first-order chi connectivity index (χ1) is 18.4. The van der Waals surface area contributed by atoms with Gasteiger partial charge >= 0.3 is 0 Å². The first-order valence-corrected chi connectivity index (χ1v) is 15.0. The zero-order chi connectivity index (χ0) is 26.4. The van der Waals surface area contributed by atoms with Crippen LogP contribution in [-0.4, -0.2) is 59.9 Å². The maximum absolute atomic E-state index is 14.8. The standard InChI is InChI=1S/C30H30Br2N4O2/c1-3-13-33-23-11-9-19(31)17-21(23)29(27(33)37)25-7-5-16-36(25)30(26-8-6-15-35(26)29)22-18-20(32)10-12-24(22)34(14-4-2)28(30)38/h3-4,9-12,17-18,25-26H,1-2,5-8,13-16H2. The van der Waals surface area contributed by atoms with Crippen molar-refractivity contribution in [3.05, 3.63) is 81.8 Å². The van der Waals surface area contributed by atoms with E-state index in [1.807, 2.05) is 34.1 Å². The third-order valence-corrected chi connectivity index (χ3v) is 10.4. The van der Waals surface area contributed by atoms with Gasteiger partial charge in [-0.2, -0.15) is 0 Å². The third kappa shape index (κ3) is 2.80. The molecule has 3 fully saturated rings. The average molecular weight is 638 g/mol. The van der Waals surface area contributed by atoms with Crippen molar-refractivity contribution in [3.63, 3.8) is 0 Å². The van der Waals surface area contributed by atoms with Gasteiger partial charge in [-0.25, -0.2) is 0 Å². The van der Waals surface area contributed by atoms with Crippen molar-refractivity contribution in [1.29, 1.82) is 0 Å². The number of carbonyl (C=O) groups is 2. The van der Waals surface area contributed by atoms with Gasteiger partial charge in [0.05, 0.1) is 0 Å². The van der Waals surface area contributed by atoms with E-state index in [0.29, 0.717) is 13.1 Å². The lowest BCUT2D eigenvalue weighted by atomic mass is 9.70. The minimum atomic E-state index is -0.830. The van der Waals surface area contributed by atoms with Crippen molar-refractivity contribution in [1.82, 2.24) is 9.80 Å². The molecule has 5 aliphatic rings. The van der Waals surface area contributed by atoms with Crippen LogP contribution >= 0.6 is 31.9 Å². The topological polar surface area (TPSA) is 47.1 Å². The van der Waals surface area contributed by atoms with Crippen LogP contribution in [0.15, 0.2) is 70.7 Å². The van der Waals surface area contributed by atoms with Crippen molar-refractivity contribution >= 4 is 55.0 Å². The molecule has 2 amide bonds. The molecule has 196 valence electrons. The third-order valence-electron chi connectivity index (χ3n) is 9.46. The molecule has 0 radical (unpaired) electrons. The summed E-state index contributed by atoms with van der Waals surface area (Å²) in [4.78, 5) is 38.2. The van der Waals surface area contributed by atoms with E-state index in [9.17, 15) is 9.59 Å². The quantitative estimate of drug-likeness (QED) is 0.427. The van der Waals surface area contributed by atoms with Crippen molar-refractivity contribution < 1.29 is 9.59 Å². The minimum Gasteiger partial charge on any atom is -0.306 e. The number of fused-ring (bicyclic) bond motifs is 10. The Hall–Kier alpha value is -2.26. The van der Waals surface area contributed by atoms with Gasteiger partial charge < -0.3 is 9.80 Å². The Morgan fingerprint density at radius 2 is 1.18 bits per heavy atom. The number of hydrogen-bond acceptors (Lipinski definition) is 4. The van der Waals surface area contributed by atoms with Gasteiger partial charge in [0, 0.05) is 69.7 Å². The molecule has 0 N–H and O–H groups in total. The molecule has 2 aromatic carbocycles. The maximum Gasteiger partial charge on any atom is 0.254 e. The summed E-state index contributed by atoms with van der Waals surface area (Å²) in [5, 5.41) is 0. The van der Waals surface area contributed by atoms with E-state index in [2.05, 4.69) is 79.1 Å². The first-order valence-electron chi connectivity index (χ1n) is 13.4. The van der Waals surface area contributed by atoms with Crippen LogP contribution in [-0.2, 0) is 20.7 Å². The van der Waals surface area contributed by atoms with Crippen LogP contribution in [0.1, 0.15) is 36.8 Å². The van der Waals surface area contributed by atoms with Crippen molar-refractivity contribution in [2.75, 3.05) is 36.0 Å². The highest BCUT2D eigenvalue weighted by molar-refractivity contribution is 9.10. The Balaban J connectivity index is 1.51. The molecule has 4 atom stereocenters. The lowest BCUT2D eigenvalue weighted by molar-refractivity contribution is -0.171. The Labute approximate surface area is 240 Å². The fraction of sp³-hybridized carbons (Fsp3) is 0.400. The van der Waals surface area contributed by atoms with Gasteiger partial charge in [-0.05, 0) is 62.1 Å². The molecule has 0 aliphatic carbocycles. The van der Waals surface area contributed by atoms with E-state index in [1.54, 1.807) is 0 Å². The van der Waals surface area contributed by atoms with Crippen molar-refractivity contribution in [2.24, 2.45) is 0 Å². The number of amides is 2. The van der Waals surface area contributed by atoms with E-state index in [0.717, 1.165) is 70.2 Å². The number of piperazine rings is 1. The number of rotatable bonds is 4. The van der Waals surface area contributed by atoms with E-state index in [4.69, 9.17) is 0 Å². The van der Waals surface area contributed by atoms with Crippen LogP contribution in [0.5, 0.6) is 0 Å². The SMILES string of the molecule is C=CCN1C(=O)C2(c3cc(Br)ccc31)C1CCCN1C1(C(=O)N(CC=C)c3ccc(Br)cc31)C1CCCN12. The monoisotopic (exact) mass is 636 g/mol. The second kappa shape index (κ2) is 8.62. The van der Waals surface area contributed by atoms with E-state index >= 15 is 0 Å². The van der Waals surface area contributed by atoms with E-state index in [-0.39, 0.29) is 23.9 Å². The highest BCUT2D eigenvalue weighted by Crippen LogP contribution is 2.63. The van der Waals surface area contributed by atoms with Gasteiger partial charge in [0.2, 0.25) is 0 Å². The van der Waals surface area contributed by atoms with Gasteiger partial charge in [0.25, 0.3) is 11.8 Å². The molecule has 7 rings (SSSR count). The summed E-state index contributed by atoms with van der Waals surface area (Å²) in [5.41, 5.74) is 2.37. The smallest absolute Gasteiger partial charge is 0.254 e. The second-order valence-corrected chi connectivity index (χ2v) is 12.8. The van der Waals surface area contributed by atoms with Crippen molar-refractivity contribution in [3.8, 4) is 0 Å². The summed E-state index contributed by atoms with van der Waals surface area (Å²) in [6, 6.07) is 12.2. The largest absolute Gasteiger partial charge is 0.306 e. The summed E-state index contributed by atoms with van der Waals surface area (Å²) in [7, 11) is 0. The lowest BCUT2D eigenvalue weighted by Crippen LogP contribution is -2.78. The number of anilines is 2. The van der Waals surface area contributed by atoms with Crippen LogP contribution in [0.2, 0.25) is 0 Å². The predicted molar refractivity (Wildman–Crippen MR) is 156 cm³/mol. The van der Waals surface area contributed by atoms with Gasteiger partial charge in [0.15, 0.2) is 0 Å². The molecule has 5 heterocycles. The van der Waals surface area contributed by atoms with Crippen LogP contribution in [0.4, 0.5) is 11.4 Å². The van der Waals surface area contributed by atoms with Gasteiger partial charge in [-0.1, -0.05) is 44.0 Å². The molecule has 0 aromatic heterocycles. The average Bonchev–Trinajstić information content (AvgIpc) is 3.67. The summed E-state index contributed by atoms with van der Waals surface area (Å²) < 4.78 is 1.93. The number of benzene rings is 2. The molecule has 8 heteroatoms. The van der Waals surface area contributed by atoms with Crippen LogP contribution in [0, 0.1) is 0 Å². The Morgan fingerprint density at radius 3 is 1.58 bits per heavy atom. The Kier molecular flexibility index (Phi) is 5.62. The summed E-state index contributed by atoms with van der Waals surface area (Å²) >= 11 is 7.41. The molecule has 3 saturated heterocycles. The maximum atomic E-state index is 14.8. The van der Waals surface area contributed by atoms with E-state index < -0.39 is 11.1 Å². The first kappa shape index (κ1) is 24.8. The van der Waals surface area contributed by atoms with Crippen LogP contribution < -0.4 is 9.80 Å². The highest BCUT2D eigenvalue weighted by atomic mass is 79.9. The molecule has 5 aliphatic heterocycles. The predicted octanol–water partition coefficient (Wildman–Crippen LogP) is 5.31. The number of carbonyl (C=O) groups excluding carboxylic acids is 2. The normalized spacial score (nSPS) is 31.7. The minimum absolute atomic E-state index is 0.118. The van der Waals surface area contributed by atoms with Gasteiger partial charge in [0.1, 0.15) is 11.1 Å². The Bertz CT molecular complexity index is 1280. The Morgan fingerprint density at radius 1 is 0.763 bits per heavy atom. The number of hydrogen-bond donors (Lipinski definition) is 0. The molecular weight excluding hydrogens is 608 g/mol. The lowest BCUT2D eigenvalue weighted by Gasteiger charge is -2.60.